The van der Waals surface area contributed by atoms with E-state index < -0.39 is 6.09 Å². The second-order valence-electron chi connectivity index (χ2n) is 2.77. The first-order chi connectivity index (χ1) is 7.27. The number of carbonyl (C=O) groups excluding carboxylic acids is 1. The zero-order valence-corrected chi connectivity index (χ0v) is 8.95. The predicted octanol–water partition coefficient (Wildman–Crippen LogP) is 2.65. The lowest BCUT2D eigenvalue weighted by Gasteiger charge is -2.10. The Labute approximate surface area is 89.2 Å². The second-order valence-corrected chi connectivity index (χ2v) is 2.77. The van der Waals surface area contributed by atoms with Gasteiger partial charge in [-0.25, -0.2) is 4.79 Å². The van der Waals surface area contributed by atoms with Crippen molar-refractivity contribution in [1.29, 1.82) is 0 Å². The quantitative estimate of drug-likeness (QED) is 0.829. The molecule has 0 aliphatic carbocycles. The minimum Gasteiger partial charge on any atom is -0.492 e. The van der Waals surface area contributed by atoms with Gasteiger partial charge in [0.25, 0.3) is 0 Å². The third-order valence-electron chi connectivity index (χ3n) is 1.70. The molecule has 0 heterocycles. The van der Waals surface area contributed by atoms with Crippen molar-refractivity contribution in [3.05, 3.63) is 24.3 Å². The number of benzene rings is 1. The molecule has 4 nitrogen and oxygen atoms in total. The van der Waals surface area contributed by atoms with Crippen LogP contribution in [0.4, 0.5) is 10.5 Å². The number of para-hydroxylation sites is 2. The molecule has 0 fully saturated rings. The van der Waals surface area contributed by atoms with Crippen molar-refractivity contribution in [2.45, 2.75) is 13.8 Å². The SMILES string of the molecule is CCOC(=O)Nc1ccccc1OCC. The van der Waals surface area contributed by atoms with Crippen LogP contribution in [0.15, 0.2) is 24.3 Å². The Hall–Kier alpha value is -1.71. The van der Waals surface area contributed by atoms with E-state index in [-0.39, 0.29) is 0 Å². The molecule has 0 aliphatic heterocycles. The number of hydrogen-bond donors (Lipinski definition) is 1. The van der Waals surface area contributed by atoms with Crippen LogP contribution < -0.4 is 10.1 Å². The van der Waals surface area contributed by atoms with Crippen LogP contribution in [-0.2, 0) is 4.74 Å². The van der Waals surface area contributed by atoms with Gasteiger partial charge in [-0.3, -0.25) is 5.32 Å². The zero-order valence-electron chi connectivity index (χ0n) is 8.95. The van der Waals surface area contributed by atoms with Crippen LogP contribution in [0.5, 0.6) is 5.75 Å². The number of nitrogens with one attached hydrogen (secondary N) is 1. The molecular weight excluding hydrogens is 194 g/mol. The Kier molecular flexibility index (Phi) is 4.47. The summed E-state index contributed by atoms with van der Waals surface area (Å²) in [5.74, 6) is 0.646. The maximum absolute atomic E-state index is 11.2. The van der Waals surface area contributed by atoms with E-state index in [1.807, 2.05) is 19.1 Å². The first-order valence-corrected chi connectivity index (χ1v) is 4.93. The van der Waals surface area contributed by atoms with Crippen molar-refractivity contribution >= 4 is 11.8 Å². The van der Waals surface area contributed by atoms with Gasteiger partial charge in [0.2, 0.25) is 0 Å². The molecule has 1 amide bonds. The van der Waals surface area contributed by atoms with Crippen LogP contribution in [0.25, 0.3) is 0 Å². The summed E-state index contributed by atoms with van der Waals surface area (Å²) in [5.41, 5.74) is 0.623. The number of rotatable bonds is 4. The van der Waals surface area contributed by atoms with Crippen molar-refractivity contribution in [1.82, 2.24) is 0 Å². The van der Waals surface area contributed by atoms with E-state index in [1.54, 1.807) is 19.1 Å². The van der Waals surface area contributed by atoms with Crippen LogP contribution in [-0.4, -0.2) is 19.3 Å². The van der Waals surface area contributed by atoms with E-state index in [9.17, 15) is 4.79 Å². The molecule has 1 aromatic carbocycles. The zero-order chi connectivity index (χ0) is 11.1. The lowest BCUT2D eigenvalue weighted by molar-refractivity contribution is 0.167. The molecule has 0 saturated carbocycles. The first kappa shape index (κ1) is 11.4. The average molecular weight is 209 g/mol. The van der Waals surface area contributed by atoms with E-state index in [4.69, 9.17) is 9.47 Å². The molecule has 15 heavy (non-hydrogen) atoms. The van der Waals surface area contributed by atoms with Crippen LogP contribution in [0, 0.1) is 0 Å². The second kappa shape index (κ2) is 5.90. The highest BCUT2D eigenvalue weighted by Gasteiger charge is 2.06. The summed E-state index contributed by atoms with van der Waals surface area (Å²) >= 11 is 0. The van der Waals surface area contributed by atoms with E-state index in [0.717, 1.165) is 0 Å². The number of ether oxygens (including phenoxy) is 2. The summed E-state index contributed by atoms with van der Waals surface area (Å²) in [7, 11) is 0. The van der Waals surface area contributed by atoms with Crippen LogP contribution in [0.1, 0.15) is 13.8 Å². The summed E-state index contributed by atoms with van der Waals surface area (Å²) in [6.45, 7) is 4.55. The summed E-state index contributed by atoms with van der Waals surface area (Å²) in [4.78, 5) is 11.2. The topological polar surface area (TPSA) is 47.6 Å². The Morgan fingerprint density at radius 1 is 1.27 bits per heavy atom. The molecule has 82 valence electrons. The Bertz CT molecular complexity index is 325. The van der Waals surface area contributed by atoms with Gasteiger partial charge in [0.15, 0.2) is 0 Å². The van der Waals surface area contributed by atoms with Crippen molar-refractivity contribution in [2.75, 3.05) is 18.5 Å². The molecule has 0 aromatic heterocycles. The van der Waals surface area contributed by atoms with Crippen molar-refractivity contribution in [3.63, 3.8) is 0 Å². The molecule has 1 aromatic rings. The van der Waals surface area contributed by atoms with Gasteiger partial charge in [-0.2, -0.15) is 0 Å². The molecule has 1 N–H and O–H groups in total. The van der Waals surface area contributed by atoms with Gasteiger partial charge in [-0.05, 0) is 26.0 Å². The van der Waals surface area contributed by atoms with Gasteiger partial charge in [0, 0.05) is 0 Å². The smallest absolute Gasteiger partial charge is 0.411 e. The van der Waals surface area contributed by atoms with E-state index >= 15 is 0 Å². The standard InChI is InChI=1S/C11H15NO3/c1-3-14-10-8-6-5-7-9(10)12-11(13)15-4-2/h5-8H,3-4H2,1-2H3,(H,12,13). The highest BCUT2D eigenvalue weighted by molar-refractivity contribution is 5.86. The molecule has 0 saturated heterocycles. The average Bonchev–Trinajstić information content (AvgIpc) is 2.21. The van der Waals surface area contributed by atoms with E-state index in [0.29, 0.717) is 24.7 Å². The summed E-state index contributed by atoms with van der Waals surface area (Å²) in [6.07, 6.45) is -0.468. The monoisotopic (exact) mass is 209 g/mol. The molecule has 0 radical (unpaired) electrons. The largest absolute Gasteiger partial charge is 0.492 e. The van der Waals surface area contributed by atoms with Gasteiger partial charge < -0.3 is 9.47 Å². The molecule has 4 heteroatoms. The third kappa shape index (κ3) is 3.50. The fourth-order valence-corrected chi connectivity index (χ4v) is 1.13. The van der Waals surface area contributed by atoms with Crippen molar-refractivity contribution in [3.8, 4) is 5.75 Å². The lowest BCUT2D eigenvalue weighted by Crippen LogP contribution is -2.14. The fourth-order valence-electron chi connectivity index (χ4n) is 1.13. The highest BCUT2D eigenvalue weighted by Crippen LogP contribution is 2.23. The van der Waals surface area contributed by atoms with Crippen LogP contribution in [0.2, 0.25) is 0 Å². The molecule has 0 bridgehead atoms. The summed E-state index contributed by atoms with van der Waals surface area (Å²) in [6, 6.07) is 7.23. The molecule has 0 atom stereocenters. The predicted molar refractivity (Wildman–Crippen MR) is 58.3 cm³/mol. The van der Waals surface area contributed by atoms with Gasteiger partial charge in [-0.15, -0.1) is 0 Å². The Morgan fingerprint density at radius 2 is 2.00 bits per heavy atom. The van der Waals surface area contributed by atoms with Gasteiger partial charge in [0.05, 0.1) is 18.9 Å². The van der Waals surface area contributed by atoms with Crippen LogP contribution >= 0.6 is 0 Å². The summed E-state index contributed by atoms with van der Waals surface area (Å²) < 4.78 is 10.1. The number of hydrogen-bond acceptors (Lipinski definition) is 3. The molecule has 0 unspecified atom stereocenters. The summed E-state index contributed by atoms with van der Waals surface area (Å²) in [5, 5.41) is 2.61. The Balaban J connectivity index is 2.70. The minimum atomic E-state index is -0.468. The van der Waals surface area contributed by atoms with Gasteiger partial charge >= 0.3 is 6.09 Å². The van der Waals surface area contributed by atoms with Gasteiger partial charge in [0.1, 0.15) is 5.75 Å². The number of amides is 1. The minimum absolute atomic E-state index is 0.350. The van der Waals surface area contributed by atoms with Crippen LogP contribution in [0.3, 0.4) is 0 Å². The third-order valence-corrected chi connectivity index (χ3v) is 1.70. The molecular formula is C11H15NO3. The van der Waals surface area contributed by atoms with Gasteiger partial charge in [-0.1, -0.05) is 12.1 Å². The lowest BCUT2D eigenvalue weighted by atomic mass is 10.3. The van der Waals surface area contributed by atoms with Crippen molar-refractivity contribution in [2.24, 2.45) is 0 Å². The number of carbonyl (C=O) groups is 1. The van der Waals surface area contributed by atoms with Crippen molar-refractivity contribution < 1.29 is 14.3 Å². The maximum Gasteiger partial charge on any atom is 0.411 e. The number of anilines is 1. The fraction of sp³-hybridized carbons (Fsp3) is 0.364. The highest BCUT2D eigenvalue weighted by atomic mass is 16.5. The maximum atomic E-state index is 11.2. The van der Waals surface area contributed by atoms with E-state index in [1.165, 1.54) is 0 Å². The van der Waals surface area contributed by atoms with E-state index in [2.05, 4.69) is 5.32 Å². The molecule has 0 aliphatic rings. The first-order valence-electron chi connectivity index (χ1n) is 4.93. The Morgan fingerprint density at radius 3 is 2.67 bits per heavy atom. The molecule has 1 rings (SSSR count). The molecule has 0 spiro atoms. The normalized spacial score (nSPS) is 9.47.